The second-order valence-corrected chi connectivity index (χ2v) is 5.93. The summed E-state index contributed by atoms with van der Waals surface area (Å²) in [6.07, 6.45) is -8.38. The third-order valence-electron chi connectivity index (χ3n) is 4.32. The molecule has 0 aromatic heterocycles. The topological polar surface area (TPSA) is 198 Å². The Morgan fingerprint density at radius 2 is 1.55 bits per heavy atom. The molecule has 10 atom stereocenters. The van der Waals surface area contributed by atoms with Crippen molar-refractivity contribution in [1.29, 1.82) is 0 Å². The van der Waals surface area contributed by atoms with E-state index in [1.165, 1.54) is 0 Å². The van der Waals surface area contributed by atoms with Gasteiger partial charge in [0.15, 0.2) is 6.29 Å². The van der Waals surface area contributed by atoms with E-state index in [9.17, 15) is 20.4 Å². The van der Waals surface area contributed by atoms with Gasteiger partial charge in [-0.25, -0.2) is 0 Å². The van der Waals surface area contributed by atoms with Gasteiger partial charge in [0.2, 0.25) is 0 Å². The van der Waals surface area contributed by atoms with Crippen LogP contribution in [0.25, 0.3) is 0 Å². The van der Waals surface area contributed by atoms with E-state index < -0.39 is 67.6 Å². The molecule has 1 saturated heterocycles. The van der Waals surface area contributed by atoms with E-state index in [1.54, 1.807) is 0 Å². The van der Waals surface area contributed by atoms with Crippen molar-refractivity contribution in [3.8, 4) is 0 Å². The standard InChI is InChI=1S/C12H25N3O7/c13-3-1-4(14)11(10(20)7(3)17)22-12-9(19)6(15)8(18)5(2-16)21-12/h3-12,16-20H,1-2,13-15H2/t3-,4+,5+,6-,7?,8+,9+,10-,11-,12+/m0/s1. The molecule has 1 heterocycles. The Morgan fingerprint density at radius 3 is 2.14 bits per heavy atom. The Bertz CT molecular complexity index is 375. The number of rotatable bonds is 3. The van der Waals surface area contributed by atoms with Crippen molar-refractivity contribution >= 4 is 0 Å². The Labute approximate surface area is 127 Å². The summed E-state index contributed by atoms with van der Waals surface area (Å²) in [5.74, 6) is 0. The quantitative estimate of drug-likeness (QED) is 0.248. The molecule has 0 aromatic carbocycles. The average molecular weight is 323 g/mol. The van der Waals surface area contributed by atoms with Crippen LogP contribution in [0.1, 0.15) is 6.42 Å². The number of hydrogen-bond acceptors (Lipinski definition) is 10. The molecule has 2 fully saturated rings. The number of ether oxygens (including phenoxy) is 2. The summed E-state index contributed by atoms with van der Waals surface area (Å²) in [6.45, 7) is -0.520. The van der Waals surface area contributed by atoms with Crippen LogP contribution in [0.4, 0.5) is 0 Å². The molecule has 1 unspecified atom stereocenters. The third-order valence-corrected chi connectivity index (χ3v) is 4.32. The number of aliphatic hydroxyl groups excluding tert-OH is 5. The molecule has 10 nitrogen and oxygen atoms in total. The molecule has 0 amide bonds. The lowest BCUT2D eigenvalue weighted by atomic mass is 9.84. The number of nitrogens with two attached hydrogens (primary N) is 3. The van der Waals surface area contributed by atoms with Crippen molar-refractivity contribution in [2.45, 2.75) is 67.5 Å². The first-order chi connectivity index (χ1) is 10.3. The van der Waals surface area contributed by atoms with Crippen molar-refractivity contribution in [3.63, 3.8) is 0 Å². The first kappa shape index (κ1) is 17.9. The number of aliphatic hydroxyl groups is 5. The highest BCUT2D eigenvalue weighted by atomic mass is 16.7. The fourth-order valence-electron chi connectivity index (χ4n) is 2.85. The molecule has 1 aliphatic carbocycles. The summed E-state index contributed by atoms with van der Waals surface area (Å²) in [5, 5.41) is 48.8. The highest BCUT2D eigenvalue weighted by Gasteiger charge is 2.48. The van der Waals surface area contributed by atoms with Crippen LogP contribution in [0.2, 0.25) is 0 Å². The maximum absolute atomic E-state index is 10.0. The molecule has 11 N–H and O–H groups in total. The molecule has 0 spiro atoms. The van der Waals surface area contributed by atoms with Crippen LogP contribution >= 0.6 is 0 Å². The Morgan fingerprint density at radius 1 is 0.909 bits per heavy atom. The Kier molecular flexibility index (Phi) is 5.72. The molecule has 0 radical (unpaired) electrons. The van der Waals surface area contributed by atoms with Gasteiger partial charge in [-0.15, -0.1) is 0 Å². The van der Waals surface area contributed by atoms with Gasteiger partial charge in [0.1, 0.15) is 30.5 Å². The number of hydrogen-bond donors (Lipinski definition) is 8. The van der Waals surface area contributed by atoms with Crippen LogP contribution in [0.15, 0.2) is 0 Å². The molecular weight excluding hydrogens is 298 g/mol. The van der Waals surface area contributed by atoms with Crippen LogP contribution in [-0.2, 0) is 9.47 Å². The zero-order valence-electron chi connectivity index (χ0n) is 12.0. The molecule has 22 heavy (non-hydrogen) atoms. The molecule has 0 aromatic rings. The van der Waals surface area contributed by atoms with Gasteiger partial charge in [-0.1, -0.05) is 0 Å². The summed E-state index contributed by atoms with van der Waals surface area (Å²) < 4.78 is 10.7. The van der Waals surface area contributed by atoms with Gasteiger partial charge in [0.25, 0.3) is 0 Å². The maximum atomic E-state index is 10.0. The summed E-state index contributed by atoms with van der Waals surface area (Å²) in [7, 11) is 0. The normalized spacial score (nSPS) is 53.5. The highest BCUT2D eigenvalue weighted by molar-refractivity contribution is 4.99. The van der Waals surface area contributed by atoms with Crippen molar-refractivity contribution in [3.05, 3.63) is 0 Å². The fraction of sp³-hybridized carbons (Fsp3) is 1.00. The van der Waals surface area contributed by atoms with E-state index >= 15 is 0 Å². The summed E-state index contributed by atoms with van der Waals surface area (Å²) >= 11 is 0. The van der Waals surface area contributed by atoms with Crippen LogP contribution in [-0.4, -0.2) is 93.2 Å². The van der Waals surface area contributed by atoms with E-state index in [4.69, 9.17) is 31.8 Å². The van der Waals surface area contributed by atoms with Gasteiger partial charge in [-0.05, 0) is 6.42 Å². The summed E-state index contributed by atoms with van der Waals surface area (Å²) in [6, 6.07) is -2.46. The van der Waals surface area contributed by atoms with E-state index in [1.807, 2.05) is 0 Å². The Hall–Kier alpha value is -0.400. The van der Waals surface area contributed by atoms with Gasteiger partial charge in [-0.3, -0.25) is 0 Å². The van der Waals surface area contributed by atoms with Gasteiger partial charge in [-0.2, -0.15) is 0 Å². The minimum Gasteiger partial charge on any atom is -0.394 e. The highest BCUT2D eigenvalue weighted by Crippen LogP contribution is 2.27. The van der Waals surface area contributed by atoms with Crippen molar-refractivity contribution in [2.24, 2.45) is 17.2 Å². The molecule has 2 aliphatic rings. The summed E-state index contributed by atoms with van der Waals surface area (Å²) in [4.78, 5) is 0. The van der Waals surface area contributed by atoms with E-state index in [-0.39, 0.29) is 6.42 Å². The van der Waals surface area contributed by atoms with Gasteiger partial charge < -0.3 is 52.2 Å². The molecule has 1 aliphatic heterocycles. The predicted octanol–water partition coefficient (Wildman–Crippen LogP) is -5.08. The smallest absolute Gasteiger partial charge is 0.186 e. The lowest BCUT2D eigenvalue weighted by Crippen LogP contribution is -2.67. The zero-order valence-corrected chi connectivity index (χ0v) is 12.0. The SMILES string of the molecule is N[C@@H]1[C@@H](O)[C@@H](O[C@H]2[C@H](N)C[C@H](N)C(O)[C@@H]2O)O[C@H](CO)[C@H]1O. The minimum absolute atomic E-state index is 0.212. The first-order valence-electron chi connectivity index (χ1n) is 7.18. The molecule has 130 valence electrons. The van der Waals surface area contributed by atoms with Crippen LogP contribution in [0.5, 0.6) is 0 Å². The molecule has 2 rings (SSSR count). The average Bonchev–Trinajstić information content (AvgIpc) is 2.49. The monoisotopic (exact) mass is 323 g/mol. The first-order valence-corrected chi connectivity index (χ1v) is 7.18. The van der Waals surface area contributed by atoms with Crippen molar-refractivity contribution < 1.29 is 35.0 Å². The lowest BCUT2D eigenvalue weighted by molar-refractivity contribution is -0.304. The van der Waals surface area contributed by atoms with Crippen LogP contribution in [0, 0.1) is 0 Å². The molecule has 1 saturated carbocycles. The van der Waals surface area contributed by atoms with E-state index in [0.717, 1.165) is 0 Å². The van der Waals surface area contributed by atoms with Crippen LogP contribution < -0.4 is 17.2 Å². The van der Waals surface area contributed by atoms with E-state index in [2.05, 4.69) is 0 Å². The maximum Gasteiger partial charge on any atom is 0.186 e. The second kappa shape index (κ2) is 7.01. The zero-order chi connectivity index (χ0) is 16.6. The minimum atomic E-state index is -1.38. The van der Waals surface area contributed by atoms with Gasteiger partial charge in [0, 0.05) is 12.1 Å². The molecule has 0 bridgehead atoms. The second-order valence-electron chi connectivity index (χ2n) is 5.93. The third kappa shape index (κ3) is 3.26. The Balaban J connectivity index is 2.08. The molecule has 10 heteroatoms. The van der Waals surface area contributed by atoms with Gasteiger partial charge >= 0.3 is 0 Å². The largest absolute Gasteiger partial charge is 0.394 e. The molecular formula is C12H25N3O7. The van der Waals surface area contributed by atoms with Crippen LogP contribution in [0.3, 0.4) is 0 Å². The van der Waals surface area contributed by atoms with Crippen molar-refractivity contribution in [2.75, 3.05) is 6.61 Å². The fourth-order valence-corrected chi connectivity index (χ4v) is 2.85. The van der Waals surface area contributed by atoms with Gasteiger partial charge in [0.05, 0.1) is 18.8 Å². The predicted molar refractivity (Wildman–Crippen MR) is 73.2 cm³/mol. The lowest BCUT2D eigenvalue weighted by Gasteiger charge is -2.45. The van der Waals surface area contributed by atoms with Crippen molar-refractivity contribution in [1.82, 2.24) is 0 Å². The summed E-state index contributed by atoms with van der Waals surface area (Å²) in [5.41, 5.74) is 17.2. The van der Waals surface area contributed by atoms with E-state index in [0.29, 0.717) is 0 Å².